The van der Waals surface area contributed by atoms with Gasteiger partial charge in [-0.05, 0) is 61.2 Å². The quantitative estimate of drug-likeness (QED) is 0.848. The van der Waals surface area contributed by atoms with Gasteiger partial charge in [-0.25, -0.2) is 0 Å². The lowest BCUT2D eigenvalue weighted by Gasteiger charge is -2.19. The lowest BCUT2D eigenvalue weighted by atomic mass is 10.1. The van der Waals surface area contributed by atoms with Gasteiger partial charge in [-0.3, -0.25) is 14.4 Å². The van der Waals surface area contributed by atoms with Crippen LogP contribution in [0.1, 0.15) is 47.2 Å². The second-order valence-electron chi connectivity index (χ2n) is 7.72. The van der Waals surface area contributed by atoms with Crippen LogP contribution >= 0.6 is 0 Å². The van der Waals surface area contributed by atoms with Crippen LogP contribution < -0.4 is 10.2 Å². The first-order valence-corrected chi connectivity index (χ1v) is 10.1. The molecule has 3 amide bonds. The van der Waals surface area contributed by atoms with Crippen molar-refractivity contribution in [2.45, 2.75) is 39.2 Å². The molecular weight excluding hydrogens is 366 g/mol. The van der Waals surface area contributed by atoms with E-state index in [0.29, 0.717) is 30.6 Å². The summed E-state index contributed by atoms with van der Waals surface area (Å²) in [6, 6.07) is 13.0. The fraction of sp³-hybridized carbons (Fsp3) is 0.348. The molecule has 0 unspecified atom stereocenters. The van der Waals surface area contributed by atoms with Crippen molar-refractivity contribution in [2.75, 3.05) is 23.3 Å². The highest BCUT2D eigenvalue weighted by atomic mass is 16.2. The molecule has 0 aromatic heterocycles. The van der Waals surface area contributed by atoms with Gasteiger partial charge in [-0.15, -0.1) is 0 Å². The van der Waals surface area contributed by atoms with Gasteiger partial charge in [-0.2, -0.15) is 0 Å². The van der Waals surface area contributed by atoms with E-state index in [4.69, 9.17) is 0 Å². The van der Waals surface area contributed by atoms with Gasteiger partial charge in [0.15, 0.2) is 0 Å². The Morgan fingerprint density at radius 1 is 0.966 bits per heavy atom. The van der Waals surface area contributed by atoms with E-state index < -0.39 is 0 Å². The van der Waals surface area contributed by atoms with E-state index in [0.717, 1.165) is 42.7 Å². The molecule has 6 heteroatoms. The molecule has 0 bridgehead atoms. The minimum Gasteiger partial charge on any atom is -0.338 e. The highest BCUT2D eigenvalue weighted by Gasteiger charge is 2.23. The summed E-state index contributed by atoms with van der Waals surface area (Å²) in [4.78, 5) is 40.0. The van der Waals surface area contributed by atoms with Crippen molar-refractivity contribution in [3.63, 3.8) is 0 Å². The van der Waals surface area contributed by atoms with Crippen molar-refractivity contribution in [3.8, 4) is 0 Å². The number of hydrogen-bond donors (Lipinski definition) is 1. The first kappa shape index (κ1) is 19.2. The predicted molar refractivity (Wildman–Crippen MR) is 112 cm³/mol. The molecule has 1 N–H and O–H groups in total. The Balaban J connectivity index is 1.40. The van der Waals surface area contributed by atoms with Crippen LogP contribution in [0.2, 0.25) is 0 Å². The van der Waals surface area contributed by atoms with Crippen LogP contribution in [0.25, 0.3) is 0 Å². The molecule has 0 aliphatic carbocycles. The summed E-state index contributed by atoms with van der Waals surface area (Å²) in [6.07, 6.45) is 3.03. The zero-order valence-corrected chi connectivity index (χ0v) is 16.6. The van der Waals surface area contributed by atoms with Crippen molar-refractivity contribution in [2.24, 2.45) is 0 Å². The van der Waals surface area contributed by atoms with Crippen LogP contribution in [0.4, 0.5) is 11.4 Å². The van der Waals surface area contributed by atoms with Gasteiger partial charge >= 0.3 is 0 Å². The molecule has 2 aliphatic heterocycles. The standard InChI is InChI=1S/C23H25N3O3/c1-16-14-19(10-11-20(16)26-13-3-5-22(26)28)24-23(29)18-8-6-17(7-9-18)15-25-12-2-4-21(25)27/h6-11,14H,2-5,12-13,15H2,1H3,(H,24,29). The predicted octanol–water partition coefficient (Wildman–Crippen LogP) is 3.50. The second-order valence-corrected chi connectivity index (χ2v) is 7.72. The summed E-state index contributed by atoms with van der Waals surface area (Å²) in [7, 11) is 0. The fourth-order valence-electron chi connectivity index (χ4n) is 4.00. The first-order valence-electron chi connectivity index (χ1n) is 10.1. The first-order chi connectivity index (χ1) is 14.0. The molecule has 0 atom stereocenters. The van der Waals surface area contributed by atoms with Gasteiger partial charge < -0.3 is 15.1 Å². The van der Waals surface area contributed by atoms with Crippen LogP contribution in [0.15, 0.2) is 42.5 Å². The van der Waals surface area contributed by atoms with E-state index in [-0.39, 0.29) is 17.7 Å². The number of amides is 3. The monoisotopic (exact) mass is 391 g/mol. The SMILES string of the molecule is Cc1cc(NC(=O)c2ccc(CN3CCCC3=O)cc2)ccc1N1CCCC1=O. The zero-order valence-electron chi connectivity index (χ0n) is 16.6. The molecule has 0 spiro atoms. The Labute approximate surface area is 170 Å². The average molecular weight is 391 g/mol. The summed E-state index contributed by atoms with van der Waals surface area (Å²) in [6.45, 7) is 4.10. The average Bonchev–Trinajstić information content (AvgIpc) is 3.31. The van der Waals surface area contributed by atoms with Gasteiger partial charge in [0.25, 0.3) is 5.91 Å². The number of likely N-dealkylation sites (tertiary alicyclic amines) is 1. The molecule has 4 rings (SSSR count). The van der Waals surface area contributed by atoms with E-state index in [2.05, 4.69) is 5.32 Å². The highest BCUT2D eigenvalue weighted by Crippen LogP contribution is 2.27. The minimum atomic E-state index is -0.182. The number of carbonyl (C=O) groups excluding carboxylic acids is 3. The van der Waals surface area contributed by atoms with Gasteiger partial charge in [-0.1, -0.05) is 12.1 Å². The van der Waals surface area contributed by atoms with Crippen molar-refractivity contribution < 1.29 is 14.4 Å². The van der Waals surface area contributed by atoms with Crippen LogP contribution in [0.5, 0.6) is 0 Å². The third-order valence-electron chi connectivity index (χ3n) is 5.58. The van der Waals surface area contributed by atoms with Gasteiger partial charge in [0.05, 0.1) is 0 Å². The Morgan fingerprint density at radius 2 is 1.69 bits per heavy atom. The fourth-order valence-corrected chi connectivity index (χ4v) is 4.00. The molecule has 0 radical (unpaired) electrons. The minimum absolute atomic E-state index is 0.153. The molecule has 6 nitrogen and oxygen atoms in total. The van der Waals surface area contributed by atoms with E-state index in [9.17, 15) is 14.4 Å². The van der Waals surface area contributed by atoms with Crippen molar-refractivity contribution in [1.29, 1.82) is 0 Å². The van der Waals surface area contributed by atoms with E-state index >= 15 is 0 Å². The van der Waals surface area contributed by atoms with Crippen LogP contribution in [-0.4, -0.2) is 35.7 Å². The van der Waals surface area contributed by atoms with Crippen LogP contribution in [-0.2, 0) is 16.1 Å². The maximum atomic E-state index is 12.6. The molecule has 150 valence electrons. The molecule has 2 aromatic carbocycles. The Bertz CT molecular complexity index is 952. The zero-order chi connectivity index (χ0) is 20.4. The molecular formula is C23H25N3O3. The topological polar surface area (TPSA) is 69.7 Å². The van der Waals surface area contributed by atoms with Crippen LogP contribution in [0, 0.1) is 6.92 Å². The normalized spacial score (nSPS) is 16.6. The Morgan fingerprint density at radius 3 is 2.31 bits per heavy atom. The number of nitrogens with one attached hydrogen (secondary N) is 1. The summed E-state index contributed by atoms with van der Waals surface area (Å²) in [5.41, 5.74) is 4.16. The summed E-state index contributed by atoms with van der Waals surface area (Å²) in [5, 5.41) is 2.92. The Hall–Kier alpha value is -3.15. The lowest BCUT2D eigenvalue weighted by Crippen LogP contribution is -2.24. The number of aryl methyl sites for hydroxylation is 1. The number of rotatable bonds is 5. The van der Waals surface area contributed by atoms with Gasteiger partial charge in [0.1, 0.15) is 0 Å². The van der Waals surface area contributed by atoms with Crippen molar-refractivity contribution in [3.05, 3.63) is 59.2 Å². The van der Waals surface area contributed by atoms with Crippen molar-refractivity contribution in [1.82, 2.24) is 4.90 Å². The summed E-state index contributed by atoms with van der Waals surface area (Å²) < 4.78 is 0. The van der Waals surface area contributed by atoms with E-state index in [1.54, 1.807) is 12.1 Å². The molecule has 29 heavy (non-hydrogen) atoms. The largest absolute Gasteiger partial charge is 0.338 e. The van der Waals surface area contributed by atoms with Crippen molar-refractivity contribution >= 4 is 29.1 Å². The molecule has 2 aromatic rings. The second kappa shape index (κ2) is 8.07. The summed E-state index contributed by atoms with van der Waals surface area (Å²) in [5.74, 6) is 0.167. The van der Waals surface area contributed by atoms with Gasteiger partial charge in [0, 0.05) is 49.4 Å². The number of carbonyl (C=O) groups is 3. The maximum absolute atomic E-state index is 12.6. The number of nitrogens with zero attached hydrogens (tertiary/aromatic N) is 2. The lowest BCUT2D eigenvalue weighted by molar-refractivity contribution is -0.128. The summed E-state index contributed by atoms with van der Waals surface area (Å²) >= 11 is 0. The molecule has 0 saturated carbocycles. The highest BCUT2D eigenvalue weighted by molar-refractivity contribution is 6.04. The number of hydrogen-bond acceptors (Lipinski definition) is 3. The smallest absolute Gasteiger partial charge is 0.255 e. The van der Waals surface area contributed by atoms with E-state index in [1.165, 1.54) is 0 Å². The third-order valence-corrected chi connectivity index (χ3v) is 5.58. The maximum Gasteiger partial charge on any atom is 0.255 e. The van der Waals surface area contributed by atoms with Gasteiger partial charge in [0.2, 0.25) is 11.8 Å². The Kier molecular flexibility index (Phi) is 5.34. The molecule has 2 fully saturated rings. The molecule has 2 saturated heterocycles. The number of benzene rings is 2. The molecule has 2 aliphatic rings. The van der Waals surface area contributed by atoms with E-state index in [1.807, 2.05) is 47.1 Å². The van der Waals surface area contributed by atoms with Crippen LogP contribution in [0.3, 0.4) is 0 Å². The third kappa shape index (κ3) is 4.16. The number of anilines is 2. The molecule has 2 heterocycles.